The quantitative estimate of drug-likeness (QED) is 0.847. The van der Waals surface area contributed by atoms with Crippen LogP contribution in [0.5, 0.6) is 0 Å². The first-order chi connectivity index (χ1) is 8.29. The van der Waals surface area contributed by atoms with E-state index in [4.69, 9.17) is 4.74 Å². The average Bonchev–Trinajstić information content (AvgIpc) is 2.71. The molecule has 2 heterocycles. The van der Waals surface area contributed by atoms with Gasteiger partial charge in [0.2, 0.25) is 0 Å². The molecule has 4 nitrogen and oxygen atoms in total. The minimum absolute atomic E-state index is 0.683. The lowest BCUT2D eigenvalue weighted by Crippen LogP contribution is -2.29. The number of ether oxygens (including phenoxy) is 1. The lowest BCUT2D eigenvalue weighted by Gasteiger charge is -2.22. The molecule has 4 heteroatoms. The van der Waals surface area contributed by atoms with Crippen LogP contribution in [0.25, 0.3) is 0 Å². The Hall–Kier alpha value is -0.870. The summed E-state index contributed by atoms with van der Waals surface area (Å²) in [5.74, 6) is 0.683. The van der Waals surface area contributed by atoms with Crippen LogP contribution in [0.2, 0.25) is 0 Å². The normalized spacial score (nSPS) is 20.7. The predicted octanol–water partition coefficient (Wildman–Crippen LogP) is 1.73. The van der Waals surface area contributed by atoms with E-state index in [-0.39, 0.29) is 0 Å². The summed E-state index contributed by atoms with van der Waals surface area (Å²) >= 11 is 0. The summed E-state index contributed by atoms with van der Waals surface area (Å²) in [4.78, 5) is 0. The fourth-order valence-electron chi connectivity index (χ4n) is 2.39. The van der Waals surface area contributed by atoms with Crippen molar-refractivity contribution in [2.45, 2.75) is 39.8 Å². The molecule has 1 N–H and O–H groups in total. The number of aryl methyl sites for hydroxylation is 2. The predicted molar refractivity (Wildman–Crippen MR) is 67.9 cm³/mol. The summed E-state index contributed by atoms with van der Waals surface area (Å²) in [6.45, 7) is 8.93. The van der Waals surface area contributed by atoms with Crippen molar-refractivity contribution < 1.29 is 4.74 Å². The summed E-state index contributed by atoms with van der Waals surface area (Å²) in [6.07, 6.45) is 2.50. The summed E-state index contributed by atoms with van der Waals surface area (Å²) in [7, 11) is 0. The third-order valence-electron chi connectivity index (χ3n) is 3.28. The number of nitrogens with zero attached hydrogens (tertiary/aromatic N) is 2. The Morgan fingerprint density at radius 3 is 3.18 bits per heavy atom. The van der Waals surface area contributed by atoms with Gasteiger partial charge in [0.1, 0.15) is 0 Å². The molecule has 1 saturated heterocycles. The van der Waals surface area contributed by atoms with Crippen molar-refractivity contribution in [3.8, 4) is 0 Å². The molecule has 0 aromatic carbocycles. The van der Waals surface area contributed by atoms with Crippen molar-refractivity contribution in [2.75, 3.05) is 19.8 Å². The van der Waals surface area contributed by atoms with E-state index in [9.17, 15) is 0 Å². The molecule has 2 rings (SSSR count). The highest BCUT2D eigenvalue weighted by Crippen LogP contribution is 2.12. The molecule has 1 unspecified atom stereocenters. The van der Waals surface area contributed by atoms with Gasteiger partial charge in [-0.2, -0.15) is 5.10 Å². The van der Waals surface area contributed by atoms with E-state index in [1.165, 1.54) is 18.5 Å². The highest BCUT2D eigenvalue weighted by molar-refractivity contribution is 5.08. The smallest absolute Gasteiger partial charge is 0.0597 e. The van der Waals surface area contributed by atoms with Gasteiger partial charge in [0, 0.05) is 26.2 Å². The van der Waals surface area contributed by atoms with Crippen LogP contribution in [0.3, 0.4) is 0 Å². The second-order valence-corrected chi connectivity index (χ2v) is 4.81. The van der Waals surface area contributed by atoms with Gasteiger partial charge in [0.15, 0.2) is 0 Å². The second kappa shape index (κ2) is 6.17. The van der Waals surface area contributed by atoms with Crippen molar-refractivity contribution in [3.63, 3.8) is 0 Å². The number of hydrogen-bond acceptors (Lipinski definition) is 3. The van der Waals surface area contributed by atoms with E-state index in [0.717, 1.165) is 38.5 Å². The molecule has 1 aliphatic rings. The molecule has 0 saturated carbocycles. The van der Waals surface area contributed by atoms with Crippen LogP contribution >= 0.6 is 0 Å². The maximum absolute atomic E-state index is 5.48. The molecule has 0 bridgehead atoms. The topological polar surface area (TPSA) is 39.1 Å². The molecule has 17 heavy (non-hydrogen) atoms. The Kier molecular flexibility index (Phi) is 4.57. The Balaban J connectivity index is 1.76. The highest BCUT2D eigenvalue weighted by atomic mass is 16.5. The molecule has 0 spiro atoms. The fourth-order valence-corrected chi connectivity index (χ4v) is 2.39. The fraction of sp³-hybridized carbons (Fsp3) is 0.769. The van der Waals surface area contributed by atoms with E-state index >= 15 is 0 Å². The summed E-state index contributed by atoms with van der Waals surface area (Å²) in [5, 5.41) is 7.97. The van der Waals surface area contributed by atoms with Crippen LogP contribution in [0.15, 0.2) is 6.07 Å². The zero-order valence-electron chi connectivity index (χ0n) is 10.9. The molecule has 1 fully saturated rings. The van der Waals surface area contributed by atoms with Gasteiger partial charge in [0.25, 0.3) is 0 Å². The highest BCUT2D eigenvalue weighted by Gasteiger charge is 2.13. The molecule has 0 radical (unpaired) electrons. The van der Waals surface area contributed by atoms with Gasteiger partial charge in [-0.25, -0.2) is 0 Å². The minimum Gasteiger partial charge on any atom is -0.381 e. The van der Waals surface area contributed by atoms with Gasteiger partial charge in [-0.1, -0.05) is 0 Å². The van der Waals surface area contributed by atoms with Crippen LogP contribution in [-0.2, 0) is 17.8 Å². The Bertz CT molecular complexity index is 342. The van der Waals surface area contributed by atoms with Crippen molar-refractivity contribution in [1.29, 1.82) is 0 Å². The molecule has 0 aliphatic carbocycles. The van der Waals surface area contributed by atoms with Crippen LogP contribution in [0.4, 0.5) is 0 Å². The van der Waals surface area contributed by atoms with Crippen LogP contribution in [0.1, 0.15) is 31.2 Å². The zero-order chi connectivity index (χ0) is 12.1. The Morgan fingerprint density at radius 1 is 1.59 bits per heavy atom. The van der Waals surface area contributed by atoms with E-state index in [1.54, 1.807) is 0 Å². The third kappa shape index (κ3) is 3.54. The van der Waals surface area contributed by atoms with Crippen molar-refractivity contribution in [1.82, 2.24) is 15.1 Å². The lowest BCUT2D eigenvalue weighted by atomic mass is 10.0. The maximum atomic E-state index is 5.48. The monoisotopic (exact) mass is 237 g/mol. The number of aromatic nitrogens is 2. The van der Waals surface area contributed by atoms with Gasteiger partial charge >= 0.3 is 0 Å². The van der Waals surface area contributed by atoms with Crippen LogP contribution < -0.4 is 5.32 Å². The summed E-state index contributed by atoms with van der Waals surface area (Å²) < 4.78 is 7.55. The van der Waals surface area contributed by atoms with Gasteiger partial charge in [-0.05, 0) is 38.7 Å². The second-order valence-electron chi connectivity index (χ2n) is 4.81. The molecular formula is C13H23N3O. The van der Waals surface area contributed by atoms with Crippen molar-refractivity contribution >= 4 is 0 Å². The first-order valence-corrected chi connectivity index (χ1v) is 6.61. The number of nitrogens with one attached hydrogen (secondary N) is 1. The third-order valence-corrected chi connectivity index (χ3v) is 3.28. The van der Waals surface area contributed by atoms with Crippen LogP contribution in [0, 0.1) is 12.8 Å². The molecule has 1 aromatic rings. The summed E-state index contributed by atoms with van der Waals surface area (Å²) in [6, 6.07) is 2.16. The van der Waals surface area contributed by atoms with Crippen molar-refractivity contribution in [3.05, 3.63) is 17.5 Å². The Morgan fingerprint density at radius 2 is 2.47 bits per heavy atom. The van der Waals surface area contributed by atoms with E-state index in [2.05, 4.69) is 28.1 Å². The van der Waals surface area contributed by atoms with Crippen LogP contribution in [-0.4, -0.2) is 29.5 Å². The average molecular weight is 237 g/mol. The first-order valence-electron chi connectivity index (χ1n) is 6.61. The standard InChI is InChI=1S/C13H23N3O/c1-3-16-13(7-11(2)15-16)9-14-8-12-5-4-6-17-10-12/h7,12,14H,3-6,8-10H2,1-2H3. The van der Waals surface area contributed by atoms with E-state index in [0.29, 0.717) is 5.92 Å². The van der Waals surface area contributed by atoms with E-state index < -0.39 is 0 Å². The SMILES string of the molecule is CCn1nc(C)cc1CNCC1CCCOC1. The molecule has 1 aromatic heterocycles. The van der Waals surface area contributed by atoms with Gasteiger partial charge in [-0.15, -0.1) is 0 Å². The lowest BCUT2D eigenvalue weighted by molar-refractivity contribution is 0.0547. The zero-order valence-corrected chi connectivity index (χ0v) is 10.9. The minimum atomic E-state index is 0.683. The van der Waals surface area contributed by atoms with Gasteiger partial charge < -0.3 is 10.1 Å². The van der Waals surface area contributed by atoms with E-state index in [1.807, 2.05) is 6.92 Å². The molecule has 1 atom stereocenters. The van der Waals surface area contributed by atoms with Gasteiger partial charge in [-0.3, -0.25) is 4.68 Å². The maximum Gasteiger partial charge on any atom is 0.0597 e. The number of hydrogen-bond donors (Lipinski definition) is 1. The molecule has 0 amide bonds. The molecule has 96 valence electrons. The van der Waals surface area contributed by atoms with Crippen molar-refractivity contribution in [2.24, 2.45) is 5.92 Å². The summed E-state index contributed by atoms with van der Waals surface area (Å²) in [5.41, 5.74) is 2.38. The molecular weight excluding hydrogens is 214 g/mol. The first kappa shape index (κ1) is 12.6. The molecule has 1 aliphatic heterocycles. The van der Waals surface area contributed by atoms with Gasteiger partial charge in [0.05, 0.1) is 18.0 Å². The Labute approximate surface area is 103 Å². The number of rotatable bonds is 5. The largest absolute Gasteiger partial charge is 0.381 e.